The van der Waals surface area contributed by atoms with Crippen LogP contribution in [0.5, 0.6) is 0 Å². The van der Waals surface area contributed by atoms with E-state index in [0.717, 1.165) is 0 Å². The number of nitrogens with one attached hydrogen (secondary N) is 2. The van der Waals surface area contributed by atoms with Gasteiger partial charge in [0.15, 0.2) is 0 Å². The Morgan fingerprint density at radius 2 is 2.35 bits per heavy atom. The van der Waals surface area contributed by atoms with Crippen LogP contribution in [0, 0.1) is 0 Å². The highest BCUT2D eigenvalue weighted by molar-refractivity contribution is 6.29. The molecule has 0 aromatic carbocycles. The first-order valence-electron chi connectivity index (χ1n) is 5.99. The molecule has 0 aliphatic heterocycles. The molecule has 8 heteroatoms. The molecule has 2 aromatic rings. The van der Waals surface area contributed by atoms with Gasteiger partial charge in [-0.15, -0.1) is 0 Å². The van der Waals surface area contributed by atoms with Crippen molar-refractivity contribution in [2.24, 2.45) is 5.84 Å². The Balaban J connectivity index is 2.02. The van der Waals surface area contributed by atoms with Crippen LogP contribution in [0.25, 0.3) is 0 Å². The van der Waals surface area contributed by atoms with Gasteiger partial charge in [0.2, 0.25) is 0 Å². The second kappa shape index (κ2) is 6.36. The molecule has 20 heavy (non-hydrogen) atoms. The summed E-state index contributed by atoms with van der Waals surface area (Å²) < 4.78 is 1.89. The van der Waals surface area contributed by atoms with Crippen molar-refractivity contribution >= 4 is 23.3 Å². The van der Waals surface area contributed by atoms with Crippen LogP contribution in [-0.4, -0.2) is 26.5 Å². The molecule has 7 nitrogen and oxygen atoms in total. The maximum atomic E-state index is 12.1. The van der Waals surface area contributed by atoms with E-state index < -0.39 is 0 Å². The van der Waals surface area contributed by atoms with E-state index in [-0.39, 0.29) is 17.1 Å². The monoisotopic (exact) mass is 294 g/mol. The number of halogens is 1. The number of hydrogen-bond acceptors (Lipinski definition) is 5. The minimum Gasteiger partial charge on any atom is -0.348 e. The quantitative estimate of drug-likeness (QED) is 0.435. The first-order chi connectivity index (χ1) is 9.58. The number of hydrazine groups is 1. The number of aromatic nitrogens is 3. The number of amides is 1. The van der Waals surface area contributed by atoms with Crippen LogP contribution < -0.4 is 16.6 Å². The topological polar surface area (TPSA) is 97.9 Å². The third kappa shape index (κ3) is 3.69. The highest BCUT2D eigenvalue weighted by Crippen LogP contribution is 2.13. The van der Waals surface area contributed by atoms with Gasteiger partial charge in [0.05, 0.1) is 6.33 Å². The Bertz CT molecular complexity index is 586. The Labute approximate surface area is 121 Å². The van der Waals surface area contributed by atoms with Gasteiger partial charge < -0.3 is 15.3 Å². The van der Waals surface area contributed by atoms with Gasteiger partial charge in [0.25, 0.3) is 5.91 Å². The molecular weight excluding hydrogens is 280 g/mol. The maximum absolute atomic E-state index is 12.1. The van der Waals surface area contributed by atoms with Crippen molar-refractivity contribution in [3.8, 4) is 0 Å². The lowest BCUT2D eigenvalue weighted by Gasteiger charge is -2.14. The van der Waals surface area contributed by atoms with Crippen molar-refractivity contribution in [3.63, 3.8) is 0 Å². The SMILES string of the molecule is CC(Cn1ccnc1)NC(=O)c1cc(Cl)nc(NN)c1. The molecule has 1 unspecified atom stereocenters. The highest BCUT2D eigenvalue weighted by atomic mass is 35.5. The van der Waals surface area contributed by atoms with Gasteiger partial charge in [-0.3, -0.25) is 4.79 Å². The first-order valence-corrected chi connectivity index (χ1v) is 6.37. The van der Waals surface area contributed by atoms with Crippen LogP contribution in [0.15, 0.2) is 30.9 Å². The number of anilines is 1. The molecule has 0 fully saturated rings. The summed E-state index contributed by atoms with van der Waals surface area (Å²) in [6.45, 7) is 2.54. The molecule has 1 amide bonds. The van der Waals surface area contributed by atoms with Crippen LogP contribution >= 0.6 is 11.6 Å². The lowest BCUT2D eigenvalue weighted by Crippen LogP contribution is -2.35. The fourth-order valence-corrected chi connectivity index (χ4v) is 1.97. The van der Waals surface area contributed by atoms with Gasteiger partial charge in [0, 0.05) is 30.5 Å². The zero-order valence-electron chi connectivity index (χ0n) is 10.9. The van der Waals surface area contributed by atoms with Gasteiger partial charge in [0.1, 0.15) is 11.0 Å². The van der Waals surface area contributed by atoms with E-state index in [4.69, 9.17) is 17.4 Å². The zero-order chi connectivity index (χ0) is 14.5. The number of nitrogens with zero attached hydrogens (tertiary/aromatic N) is 3. The summed E-state index contributed by atoms with van der Waals surface area (Å²) in [5, 5.41) is 3.07. The van der Waals surface area contributed by atoms with Crippen LogP contribution in [0.2, 0.25) is 5.15 Å². The molecule has 4 N–H and O–H groups in total. The third-order valence-corrected chi connectivity index (χ3v) is 2.82. The summed E-state index contributed by atoms with van der Waals surface area (Å²) in [5.41, 5.74) is 2.76. The van der Waals surface area contributed by atoms with E-state index in [9.17, 15) is 4.79 Å². The minimum atomic E-state index is -0.238. The molecule has 0 aliphatic rings. The van der Waals surface area contributed by atoms with Crippen molar-refractivity contribution < 1.29 is 4.79 Å². The van der Waals surface area contributed by atoms with Crippen molar-refractivity contribution in [1.29, 1.82) is 0 Å². The first kappa shape index (κ1) is 14.3. The van der Waals surface area contributed by atoms with Gasteiger partial charge in [-0.05, 0) is 19.1 Å². The molecule has 0 radical (unpaired) electrons. The fourth-order valence-electron chi connectivity index (χ4n) is 1.77. The van der Waals surface area contributed by atoms with E-state index in [1.165, 1.54) is 12.1 Å². The van der Waals surface area contributed by atoms with Gasteiger partial charge in [-0.25, -0.2) is 15.8 Å². The van der Waals surface area contributed by atoms with Crippen molar-refractivity contribution in [2.75, 3.05) is 5.43 Å². The van der Waals surface area contributed by atoms with Gasteiger partial charge in [-0.1, -0.05) is 11.6 Å². The summed E-state index contributed by atoms with van der Waals surface area (Å²) in [5.74, 6) is 5.37. The number of pyridine rings is 1. The number of carbonyl (C=O) groups excluding carboxylic acids is 1. The highest BCUT2D eigenvalue weighted by Gasteiger charge is 2.12. The predicted molar refractivity (Wildman–Crippen MR) is 76.2 cm³/mol. The molecule has 2 heterocycles. The summed E-state index contributed by atoms with van der Waals surface area (Å²) in [4.78, 5) is 20.0. The van der Waals surface area contributed by atoms with Crippen LogP contribution in [0.3, 0.4) is 0 Å². The molecule has 0 saturated carbocycles. The van der Waals surface area contributed by atoms with E-state index >= 15 is 0 Å². The van der Waals surface area contributed by atoms with Crippen molar-refractivity contribution in [2.45, 2.75) is 19.5 Å². The minimum absolute atomic E-state index is 0.0575. The molecule has 0 aliphatic carbocycles. The van der Waals surface area contributed by atoms with Crippen molar-refractivity contribution in [1.82, 2.24) is 19.9 Å². The van der Waals surface area contributed by atoms with Crippen LogP contribution in [-0.2, 0) is 6.54 Å². The number of nitrogen functional groups attached to an aromatic ring is 1. The second-order valence-corrected chi connectivity index (χ2v) is 4.73. The zero-order valence-corrected chi connectivity index (χ0v) is 11.6. The summed E-state index contributed by atoms with van der Waals surface area (Å²) in [6.07, 6.45) is 5.22. The standard InChI is InChI=1S/C12H15ClN6O/c1-8(6-19-3-2-15-7-19)16-12(20)9-4-10(13)17-11(5-9)18-14/h2-5,7-8H,6,14H2,1H3,(H,16,20)(H,17,18). The van der Waals surface area contributed by atoms with E-state index in [1.54, 1.807) is 12.5 Å². The lowest BCUT2D eigenvalue weighted by atomic mass is 10.2. The van der Waals surface area contributed by atoms with E-state index in [1.807, 2.05) is 17.7 Å². The Hall–Kier alpha value is -2.12. The fraction of sp³-hybridized carbons (Fsp3) is 0.250. The molecule has 2 rings (SSSR count). The molecule has 106 valence electrons. The number of nitrogens with two attached hydrogens (primary N) is 1. The molecule has 2 aromatic heterocycles. The van der Waals surface area contributed by atoms with Crippen LogP contribution in [0.1, 0.15) is 17.3 Å². The lowest BCUT2D eigenvalue weighted by molar-refractivity contribution is 0.0936. The van der Waals surface area contributed by atoms with Gasteiger partial charge in [-0.2, -0.15) is 0 Å². The number of carbonyl (C=O) groups is 1. The summed E-state index contributed by atoms with van der Waals surface area (Å²) in [7, 11) is 0. The average Bonchev–Trinajstić information content (AvgIpc) is 2.90. The largest absolute Gasteiger partial charge is 0.348 e. The molecule has 1 atom stereocenters. The molecule has 0 spiro atoms. The van der Waals surface area contributed by atoms with Crippen molar-refractivity contribution in [3.05, 3.63) is 41.6 Å². The molecule has 0 bridgehead atoms. The Kier molecular flexibility index (Phi) is 4.54. The van der Waals surface area contributed by atoms with E-state index in [0.29, 0.717) is 17.9 Å². The van der Waals surface area contributed by atoms with E-state index in [2.05, 4.69) is 20.7 Å². The average molecular weight is 295 g/mol. The smallest absolute Gasteiger partial charge is 0.251 e. The number of hydrogen-bond donors (Lipinski definition) is 3. The summed E-state index contributed by atoms with van der Waals surface area (Å²) >= 11 is 5.83. The normalized spacial score (nSPS) is 11.9. The Morgan fingerprint density at radius 1 is 1.55 bits per heavy atom. The second-order valence-electron chi connectivity index (χ2n) is 4.34. The third-order valence-electron chi connectivity index (χ3n) is 2.63. The Morgan fingerprint density at radius 3 is 3.00 bits per heavy atom. The summed E-state index contributed by atoms with van der Waals surface area (Å²) in [6, 6.07) is 2.96. The molecular formula is C12H15ClN6O. The van der Waals surface area contributed by atoms with Gasteiger partial charge >= 0.3 is 0 Å². The predicted octanol–water partition coefficient (Wildman–Crippen LogP) is 1.04. The number of imidazole rings is 1. The molecule has 0 saturated heterocycles. The maximum Gasteiger partial charge on any atom is 0.251 e. The van der Waals surface area contributed by atoms with Crippen LogP contribution in [0.4, 0.5) is 5.82 Å². The number of rotatable bonds is 5.